The van der Waals surface area contributed by atoms with Crippen LogP contribution in [0.25, 0.3) is 0 Å². The molecule has 5 heteroatoms. The molecule has 1 N–H and O–H groups in total. The molecule has 1 aliphatic heterocycles. The van der Waals surface area contributed by atoms with E-state index in [1.54, 1.807) is 0 Å². The number of carboxylic acid groups (broad SMARTS) is 1. The average molecular weight is 268 g/mol. The molecule has 18 heavy (non-hydrogen) atoms. The van der Waals surface area contributed by atoms with Gasteiger partial charge in [-0.1, -0.05) is 25.2 Å². The van der Waals surface area contributed by atoms with Crippen molar-refractivity contribution >= 4 is 22.4 Å². The number of nitrogens with zero attached hydrogens (tertiary/aromatic N) is 2. The van der Waals surface area contributed by atoms with E-state index in [1.165, 1.54) is 11.3 Å². The van der Waals surface area contributed by atoms with Crippen molar-refractivity contribution in [2.24, 2.45) is 0 Å². The Morgan fingerprint density at radius 2 is 2.17 bits per heavy atom. The number of aromatic nitrogens is 1. The molecule has 1 fully saturated rings. The van der Waals surface area contributed by atoms with Crippen LogP contribution in [0.1, 0.15) is 61.8 Å². The Bertz CT molecular complexity index is 466. The molecule has 0 bridgehead atoms. The summed E-state index contributed by atoms with van der Waals surface area (Å²) in [7, 11) is 0. The Kier molecular flexibility index (Phi) is 3.36. The van der Waals surface area contributed by atoms with Gasteiger partial charge in [0.25, 0.3) is 0 Å². The van der Waals surface area contributed by atoms with Crippen molar-refractivity contribution in [2.75, 3.05) is 11.4 Å². The van der Waals surface area contributed by atoms with Gasteiger partial charge in [0.15, 0.2) is 5.13 Å². The molecule has 0 atom stereocenters. The second kappa shape index (κ2) is 4.53. The van der Waals surface area contributed by atoms with Crippen molar-refractivity contribution in [1.29, 1.82) is 0 Å². The van der Waals surface area contributed by atoms with Gasteiger partial charge in [-0.15, -0.1) is 0 Å². The largest absolute Gasteiger partial charge is 0.477 e. The normalized spacial score (nSPS) is 18.6. The van der Waals surface area contributed by atoms with Crippen molar-refractivity contribution in [3.63, 3.8) is 0 Å². The van der Waals surface area contributed by atoms with Crippen molar-refractivity contribution in [2.45, 2.75) is 52.0 Å². The number of rotatable bonds is 3. The molecule has 1 aliphatic rings. The predicted octanol–water partition coefficient (Wildman–Crippen LogP) is 3.34. The summed E-state index contributed by atoms with van der Waals surface area (Å²) in [5, 5.41) is 10.1. The lowest BCUT2D eigenvalue weighted by atomic mass is 10.0. The smallest absolute Gasteiger partial charge is 0.347 e. The minimum atomic E-state index is -0.862. The van der Waals surface area contributed by atoms with E-state index in [9.17, 15) is 9.90 Å². The molecule has 0 amide bonds. The van der Waals surface area contributed by atoms with E-state index >= 15 is 0 Å². The van der Waals surface area contributed by atoms with Gasteiger partial charge >= 0.3 is 5.97 Å². The van der Waals surface area contributed by atoms with Crippen LogP contribution in [-0.2, 0) is 0 Å². The first-order valence-electron chi connectivity index (χ1n) is 6.34. The van der Waals surface area contributed by atoms with Crippen LogP contribution >= 0.6 is 11.3 Å². The molecule has 0 saturated carbocycles. The van der Waals surface area contributed by atoms with E-state index in [4.69, 9.17) is 0 Å². The molecule has 2 rings (SSSR count). The van der Waals surface area contributed by atoms with E-state index < -0.39 is 5.97 Å². The number of aromatic carboxylic acids is 1. The first-order valence-corrected chi connectivity index (χ1v) is 7.16. The van der Waals surface area contributed by atoms with Crippen LogP contribution in [0.2, 0.25) is 0 Å². The van der Waals surface area contributed by atoms with Gasteiger partial charge in [-0.05, 0) is 32.6 Å². The van der Waals surface area contributed by atoms with Gasteiger partial charge in [-0.25, -0.2) is 9.78 Å². The summed E-state index contributed by atoms with van der Waals surface area (Å²) < 4.78 is 0. The van der Waals surface area contributed by atoms with E-state index in [1.807, 2.05) is 13.8 Å². The van der Waals surface area contributed by atoms with Crippen LogP contribution < -0.4 is 4.90 Å². The second-order valence-corrected chi connectivity index (χ2v) is 6.72. The molecule has 0 radical (unpaired) electrons. The Morgan fingerprint density at radius 3 is 2.56 bits per heavy atom. The number of anilines is 1. The zero-order valence-corrected chi connectivity index (χ0v) is 12.2. The molecule has 1 aromatic rings. The molecule has 1 aromatic heterocycles. The number of hydrogen-bond acceptors (Lipinski definition) is 4. The summed E-state index contributed by atoms with van der Waals surface area (Å²) in [6.45, 7) is 9.33. The number of hydrogen-bond donors (Lipinski definition) is 1. The van der Waals surface area contributed by atoms with E-state index in [0.717, 1.165) is 24.5 Å². The minimum absolute atomic E-state index is 0.0852. The molecule has 0 aliphatic carbocycles. The summed E-state index contributed by atoms with van der Waals surface area (Å²) >= 11 is 1.31. The number of carboxylic acids is 1. The lowest BCUT2D eigenvalue weighted by Crippen LogP contribution is -2.38. The number of thiazole rings is 1. The van der Waals surface area contributed by atoms with Gasteiger partial charge in [-0.2, -0.15) is 0 Å². The van der Waals surface area contributed by atoms with Crippen LogP contribution in [0, 0.1) is 0 Å². The molecule has 0 aromatic carbocycles. The highest BCUT2D eigenvalue weighted by atomic mass is 32.1. The van der Waals surface area contributed by atoms with Gasteiger partial charge in [0.1, 0.15) is 4.88 Å². The first kappa shape index (κ1) is 13.3. The quantitative estimate of drug-likeness (QED) is 0.913. The summed E-state index contributed by atoms with van der Waals surface area (Å²) in [6, 6.07) is 0. The SMILES string of the molecule is CC(C)c1nc(N2CCCC2(C)C)sc1C(=O)O. The highest BCUT2D eigenvalue weighted by Gasteiger charge is 2.35. The molecule has 0 spiro atoms. The molecule has 2 heterocycles. The third kappa shape index (κ3) is 2.23. The Labute approximate surface area is 112 Å². The van der Waals surface area contributed by atoms with Gasteiger partial charge in [0, 0.05) is 12.1 Å². The Hall–Kier alpha value is -1.10. The molecule has 0 unspecified atom stereocenters. The lowest BCUT2D eigenvalue weighted by Gasteiger charge is -2.31. The van der Waals surface area contributed by atoms with Crippen LogP contribution in [0.15, 0.2) is 0 Å². The average Bonchev–Trinajstić information content (AvgIpc) is 2.80. The maximum absolute atomic E-state index is 11.3. The zero-order valence-electron chi connectivity index (χ0n) is 11.4. The molecular weight excluding hydrogens is 248 g/mol. The predicted molar refractivity (Wildman–Crippen MR) is 73.8 cm³/mol. The summed E-state index contributed by atoms with van der Waals surface area (Å²) in [5.41, 5.74) is 0.798. The van der Waals surface area contributed by atoms with Crippen LogP contribution in [-0.4, -0.2) is 28.1 Å². The zero-order chi connectivity index (χ0) is 13.5. The van der Waals surface area contributed by atoms with Crippen molar-refractivity contribution in [1.82, 2.24) is 4.98 Å². The van der Waals surface area contributed by atoms with Crippen LogP contribution in [0.5, 0.6) is 0 Å². The second-order valence-electron chi connectivity index (χ2n) is 5.74. The number of carbonyl (C=O) groups is 1. The Balaban J connectivity index is 2.41. The van der Waals surface area contributed by atoms with Crippen molar-refractivity contribution < 1.29 is 9.90 Å². The summed E-state index contributed by atoms with van der Waals surface area (Å²) in [6.07, 6.45) is 2.28. The minimum Gasteiger partial charge on any atom is -0.477 e. The molecule has 100 valence electrons. The lowest BCUT2D eigenvalue weighted by molar-refractivity contribution is 0.0700. The maximum Gasteiger partial charge on any atom is 0.347 e. The monoisotopic (exact) mass is 268 g/mol. The van der Waals surface area contributed by atoms with Gasteiger partial charge < -0.3 is 10.0 Å². The Morgan fingerprint density at radius 1 is 1.50 bits per heavy atom. The first-order chi connectivity index (χ1) is 8.33. The van der Waals surface area contributed by atoms with Gasteiger partial charge in [0.2, 0.25) is 0 Å². The highest BCUT2D eigenvalue weighted by Crippen LogP contribution is 2.38. The third-order valence-corrected chi connectivity index (χ3v) is 4.60. The maximum atomic E-state index is 11.3. The van der Waals surface area contributed by atoms with E-state index in [2.05, 4.69) is 23.7 Å². The van der Waals surface area contributed by atoms with E-state index in [0.29, 0.717) is 10.6 Å². The summed E-state index contributed by atoms with van der Waals surface area (Å²) in [5.74, 6) is -0.716. The molecular formula is C13H20N2O2S. The molecule has 1 saturated heterocycles. The van der Waals surface area contributed by atoms with Gasteiger partial charge in [0.05, 0.1) is 5.69 Å². The van der Waals surface area contributed by atoms with E-state index in [-0.39, 0.29) is 11.5 Å². The van der Waals surface area contributed by atoms with Crippen LogP contribution in [0.4, 0.5) is 5.13 Å². The van der Waals surface area contributed by atoms with Crippen molar-refractivity contribution in [3.8, 4) is 0 Å². The van der Waals surface area contributed by atoms with Crippen LogP contribution in [0.3, 0.4) is 0 Å². The van der Waals surface area contributed by atoms with Crippen molar-refractivity contribution in [3.05, 3.63) is 10.6 Å². The molecule has 4 nitrogen and oxygen atoms in total. The fourth-order valence-corrected chi connectivity index (χ4v) is 3.69. The standard InChI is InChI=1S/C13H20N2O2S/c1-8(2)9-10(11(16)17)18-12(14-9)15-7-5-6-13(15,3)4/h8H,5-7H2,1-4H3,(H,16,17). The topological polar surface area (TPSA) is 53.4 Å². The fourth-order valence-electron chi connectivity index (χ4n) is 2.44. The summed E-state index contributed by atoms with van der Waals surface area (Å²) in [4.78, 5) is 18.5. The highest BCUT2D eigenvalue weighted by molar-refractivity contribution is 7.17. The fraction of sp³-hybridized carbons (Fsp3) is 0.692. The van der Waals surface area contributed by atoms with Gasteiger partial charge in [-0.3, -0.25) is 0 Å². The third-order valence-electron chi connectivity index (χ3n) is 3.52.